The summed E-state index contributed by atoms with van der Waals surface area (Å²) in [7, 11) is 0. The van der Waals surface area contributed by atoms with E-state index in [1.54, 1.807) is 0 Å². The van der Waals surface area contributed by atoms with E-state index in [4.69, 9.17) is 0 Å². The molecular formula is C11H20N2O2. The minimum atomic E-state index is -0.0231. The van der Waals surface area contributed by atoms with Crippen LogP contribution in [0.15, 0.2) is 0 Å². The van der Waals surface area contributed by atoms with Gasteiger partial charge in [0.05, 0.1) is 6.54 Å². The molecule has 86 valence electrons. The van der Waals surface area contributed by atoms with Gasteiger partial charge in [-0.05, 0) is 19.3 Å². The van der Waals surface area contributed by atoms with Crippen molar-refractivity contribution >= 4 is 11.8 Å². The van der Waals surface area contributed by atoms with Gasteiger partial charge in [0, 0.05) is 19.0 Å². The molecule has 1 aliphatic heterocycles. The van der Waals surface area contributed by atoms with E-state index >= 15 is 0 Å². The summed E-state index contributed by atoms with van der Waals surface area (Å²) in [5.74, 6) is 0.0191. The fourth-order valence-electron chi connectivity index (χ4n) is 1.60. The first-order valence-electron chi connectivity index (χ1n) is 5.70. The Bertz CT molecular complexity index is 235. The van der Waals surface area contributed by atoms with Crippen LogP contribution in [0.1, 0.15) is 33.1 Å². The van der Waals surface area contributed by atoms with Gasteiger partial charge in [-0.1, -0.05) is 13.8 Å². The van der Waals surface area contributed by atoms with Gasteiger partial charge >= 0.3 is 0 Å². The maximum Gasteiger partial charge on any atom is 0.241 e. The quantitative estimate of drug-likeness (QED) is 0.748. The Labute approximate surface area is 91.0 Å². The van der Waals surface area contributed by atoms with Gasteiger partial charge in [-0.25, -0.2) is 0 Å². The second kappa shape index (κ2) is 5.73. The molecule has 0 bridgehead atoms. The molecule has 0 spiro atoms. The summed E-state index contributed by atoms with van der Waals surface area (Å²) in [5.41, 5.74) is 0. The van der Waals surface area contributed by atoms with Crippen molar-refractivity contribution in [1.29, 1.82) is 0 Å². The SMILES string of the molecule is CC[C@H](C)C(=O)NCC(=O)N1CCCC1. The van der Waals surface area contributed by atoms with Gasteiger partial charge < -0.3 is 10.2 Å². The molecule has 0 unspecified atom stereocenters. The number of rotatable bonds is 4. The molecule has 1 N–H and O–H groups in total. The number of hydrogen-bond acceptors (Lipinski definition) is 2. The van der Waals surface area contributed by atoms with Crippen molar-refractivity contribution in [1.82, 2.24) is 10.2 Å². The van der Waals surface area contributed by atoms with Crippen LogP contribution in [0.3, 0.4) is 0 Å². The molecule has 0 aromatic rings. The molecule has 1 fully saturated rings. The zero-order chi connectivity index (χ0) is 11.3. The molecule has 0 aromatic heterocycles. The largest absolute Gasteiger partial charge is 0.347 e. The number of carbonyl (C=O) groups excluding carboxylic acids is 2. The van der Waals surface area contributed by atoms with Gasteiger partial charge in [0.1, 0.15) is 0 Å². The van der Waals surface area contributed by atoms with Crippen molar-refractivity contribution in [3.05, 3.63) is 0 Å². The van der Waals surface area contributed by atoms with Crippen molar-refractivity contribution in [2.75, 3.05) is 19.6 Å². The lowest BCUT2D eigenvalue weighted by Crippen LogP contribution is -2.40. The van der Waals surface area contributed by atoms with Gasteiger partial charge in [-0.2, -0.15) is 0 Å². The predicted molar refractivity (Wildman–Crippen MR) is 58.3 cm³/mol. The third kappa shape index (κ3) is 3.53. The van der Waals surface area contributed by atoms with Crippen molar-refractivity contribution in [3.63, 3.8) is 0 Å². The molecule has 1 aliphatic rings. The molecule has 4 heteroatoms. The van der Waals surface area contributed by atoms with Gasteiger partial charge in [-0.15, -0.1) is 0 Å². The number of carbonyl (C=O) groups is 2. The first-order chi connectivity index (χ1) is 7.15. The highest BCUT2D eigenvalue weighted by molar-refractivity contribution is 5.85. The van der Waals surface area contributed by atoms with Crippen molar-refractivity contribution in [3.8, 4) is 0 Å². The summed E-state index contributed by atoms with van der Waals surface area (Å²) < 4.78 is 0. The van der Waals surface area contributed by atoms with Crippen LogP contribution in [-0.4, -0.2) is 36.3 Å². The average molecular weight is 212 g/mol. The standard InChI is InChI=1S/C11H20N2O2/c1-3-9(2)11(15)12-8-10(14)13-6-4-5-7-13/h9H,3-8H2,1-2H3,(H,12,15)/t9-/m0/s1. The van der Waals surface area contributed by atoms with E-state index in [0.717, 1.165) is 32.4 Å². The van der Waals surface area contributed by atoms with Gasteiger partial charge in [0.25, 0.3) is 0 Å². The average Bonchev–Trinajstić information content (AvgIpc) is 2.77. The minimum Gasteiger partial charge on any atom is -0.347 e. The second-order valence-corrected chi connectivity index (χ2v) is 4.11. The molecule has 1 rings (SSSR count). The summed E-state index contributed by atoms with van der Waals surface area (Å²) in [6.45, 7) is 5.68. The van der Waals surface area contributed by atoms with E-state index in [1.807, 2.05) is 18.7 Å². The fourth-order valence-corrected chi connectivity index (χ4v) is 1.60. The minimum absolute atomic E-state index is 0.00335. The molecular weight excluding hydrogens is 192 g/mol. The molecule has 2 amide bonds. The van der Waals surface area contributed by atoms with Crippen molar-refractivity contribution < 1.29 is 9.59 Å². The summed E-state index contributed by atoms with van der Waals surface area (Å²) in [4.78, 5) is 24.8. The Balaban J connectivity index is 2.24. The van der Waals surface area contributed by atoms with Crippen LogP contribution in [0.25, 0.3) is 0 Å². The van der Waals surface area contributed by atoms with Crippen LogP contribution in [-0.2, 0) is 9.59 Å². The number of nitrogens with zero attached hydrogens (tertiary/aromatic N) is 1. The number of amides is 2. The van der Waals surface area contributed by atoms with E-state index in [-0.39, 0.29) is 24.3 Å². The topological polar surface area (TPSA) is 49.4 Å². The molecule has 0 radical (unpaired) electrons. The molecule has 0 aliphatic carbocycles. The predicted octanol–water partition coefficient (Wildman–Crippen LogP) is 0.771. The second-order valence-electron chi connectivity index (χ2n) is 4.11. The number of hydrogen-bond donors (Lipinski definition) is 1. The molecule has 0 aromatic carbocycles. The molecule has 4 nitrogen and oxygen atoms in total. The molecule has 15 heavy (non-hydrogen) atoms. The van der Waals surface area contributed by atoms with Crippen LogP contribution in [0, 0.1) is 5.92 Å². The van der Waals surface area contributed by atoms with Crippen LogP contribution in [0.5, 0.6) is 0 Å². The van der Waals surface area contributed by atoms with Gasteiger partial charge in [0.15, 0.2) is 0 Å². The summed E-state index contributed by atoms with van der Waals surface area (Å²) >= 11 is 0. The summed E-state index contributed by atoms with van der Waals surface area (Å²) in [6.07, 6.45) is 2.99. The smallest absolute Gasteiger partial charge is 0.241 e. The van der Waals surface area contributed by atoms with E-state index in [0.29, 0.717) is 0 Å². The molecule has 1 saturated heterocycles. The zero-order valence-electron chi connectivity index (χ0n) is 9.58. The van der Waals surface area contributed by atoms with E-state index in [2.05, 4.69) is 5.32 Å². The Morgan fingerprint density at radius 1 is 1.33 bits per heavy atom. The van der Waals surface area contributed by atoms with Crippen LogP contribution in [0.2, 0.25) is 0 Å². The molecule has 1 atom stereocenters. The van der Waals surface area contributed by atoms with Crippen LogP contribution < -0.4 is 5.32 Å². The van der Waals surface area contributed by atoms with Crippen LogP contribution in [0.4, 0.5) is 0 Å². The third-order valence-electron chi connectivity index (χ3n) is 2.93. The maximum absolute atomic E-state index is 11.6. The monoisotopic (exact) mass is 212 g/mol. The molecule has 1 heterocycles. The highest BCUT2D eigenvalue weighted by Gasteiger charge is 2.19. The number of nitrogens with one attached hydrogen (secondary N) is 1. The van der Waals surface area contributed by atoms with Gasteiger partial charge in [-0.3, -0.25) is 9.59 Å². The summed E-state index contributed by atoms with van der Waals surface area (Å²) in [5, 5.41) is 2.68. The normalized spacial score (nSPS) is 17.6. The Morgan fingerprint density at radius 3 is 2.47 bits per heavy atom. The Hall–Kier alpha value is -1.06. The summed E-state index contributed by atoms with van der Waals surface area (Å²) in [6, 6.07) is 0. The van der Waals surface area contributed by atoms with E-state index in [1.165, 1.54) is 0 Å². The van der Waals surface area contributed by atoms with Crippen LogP contribution >= 0.6 is 0 Å². The first-order valence-corrected chi connectivity index (χ1v) is 5.70. The number of likely N-dealkylation sites (tertiary alicyclic amines) is 1. The first kappa shape index (κ1) is 12.0. The van der Waals surface area contributed by atoms with Crippen molar-refractivity contribution in [2.24, 2.45) is 5.92 Å². The highest BCUT2D eigenvalue weighted by Crippen LogP contribution is 2.07. The third-order valence-corrected chi connectivity index (χ3v) is 2.93. The highest BCUT2D eigenvalue weighted by atomic mass is 16.2. The fraction of sp³-hybridized carbons (Fsp3) is 0.818. The van der Waals surface area contributed by atoms with Gasteiger partial charge in [0.2, 0.25) is 11.8 Å². The molecule has 0 saturated carbocycles. The van der Waals surface area contributed by atoms with E-state index in [9.17, 15) is 9.59 Å². The lowest BCUT2D eigenvalue weighted by atomic mass is 10.1. The van der Waals surface area contributed by atoms with E-state index < -0.39 is 0 Å². The Kier molecular flexibility index (Phi) is 4.59. The zero-order valence-corrected chi connectivity index (χ0v) is 9.58. The lowest BCUT2D eigenvalue weighted by Gasteiger charge is -2.16. The Morgan fingerprint density at radius 2 is 1.93 bits per heavy atom. The lowest BCUT2D eigenvalue weighted by molar-refractivity contribution is -0.133. The maximum atomic E-state index is 11.6. The van der Waals surface area contributed by atoms with Crippen molar-refractivity contribution in [2.45, 2.75) is 33.1 Å².